The Morgan fingerprint density at radius 1 is 1.20 bits per heavy atom. The second-order valence-corrected chi connectivity index (χ2v) is 7.65. The number of unbranched alkanes of at least 4 members (excludes halogenated alkanes) is 1. The van der Waals surface area contributed by atoms with Gasteiger partial charge in [-0.05, 0) is 42.0 Å². The van der Waals surface area contributed by atoms with Gasteiger partial charge in [-0.15, -0.1) is 11.8 Å². The molecule has 1 heterocycles. The minimum Gasteiger partial charge on any atom is -0.394 e. The lowest BCUT2D eigenvalue weighted by atomic mass is 10.1. The minimum atomic E-state index is 0.00463. The molecule has 0 aromatic heterocycles. The number of rotatable bonds is 6. The van der Waals surface area contributed by atoms with Gasteiger partial charge in [0.05, 0.1) is 5.69 Å². The summed E-state index contributed by atoms with van der Waals surface area (Å²) in [6.45, 7) is 18.2. The standard InChI is InChI=1S/C16H22N2S.C4H10.C3H7NO.C2H6/c1-4-14-5-6-16-15(11-14)18(9-10-19-16)12-13(2)7-8-17-3;1-3-4-2;1-3(5)4-2;1-2/h5-8,11,17H,2,4,9-10,12H2,1,3H3;3-4H2,1-2H3;1-2H3,(H,4,5);1-2H3/b8-7-;;;. The molecule has 0 saturated carbocycles. The summed E-state index contributed by atoms with van der Waals surface area (Å²) in [7, 11) is 3.51. The molecule has 0 unspecified atom stereocenters. The normalized spacial score (nSPS) is 11.5. The summed E-state index contributed by atoms with van der Waals surface area (Å²) in [6.07, 6.45) is 7.71. The molecule has 1 aromatic rings. The van der Waals surface area contributed by atoms with E-state index in [1.54, 1.807) is 7.05 Å². The molecule has 1 amide bonds. The van der Waals surface area contributed by atoms with Crippen LogP contribution in [0, 0.1) is 0 Å². The van der Waals surface area contributed by atoms with Crippen molar-refractivity contribution in [1.82, 2.24) is 10.6 Å². The van der Waals surface area contributed by atoms with Crippen LogP contribution in [-0.2, 0) is 11.2 Å². The topological polar surface area (TPSA) is 44.4 Å². The number of nitrogens with zero attached hydrogens (tertiary/aromatic N) is 1. The van der Waals surface area contributed by atoms with Gasteiger partial charge in [-0.25, -0.2) is 0 Å². The number of nitrogens with one attached hydrogen (secondary N) is 2. The lowest BCUT2D eigenvalue weighted by molar-refractivity contribution is -0.118. The smallest absolute Gasteiger partial charge is 0.216 e. The maximum Gasteiger partial charge on any atom is 0.216 e. The van der Waals surface area contributed by atoms with E-state index in [0.29, 0.717) is 0 Å². The molecule has 1 aliphatic heterocycles. The summed E-state index contributed by atoms with van der Waals surface area (Å²) in [5.41, 5.74) is 3.91. The summed E-state index contributed by atoms with van der Waals surface area (Å²) < 4.78 is 0. The molecule has 0 atom stereocenters. The summed E-state index contributed by atoms with van der Waals surface area (Å²) in [5.74, 6) is 1.16. The highest BCUT2D eigenvalue weighted by Gasteiger charge is 2.17. The number of benzene rings is 1. The van der Waals surface area contributed by atoms with Crippen molar-refractivity contribution in [3.05, 3.63) is 48.2 Å². The van der Waals surface area contributed by atoms with Crippen LogP contribution in [0.15, 0.2) is 47.5 Å². The number of fused-ring (bicyclic) bond motifs is 1. The van der Waals surface area contributed by atoms with Crippen molar-refractivity contribution in [2.75, 3.05) is 37.8 Å². The van der Waals surface area contributed by atoms with Crippen LogP contribution in [-0.4, -0.2) is 38.8 Å². The van der Waals surface area contributed by atoms with Gasteiger partial charge >= 0.3 is 0 Å². The van der Waals surface area contributed by atoms with E-state index >= 15 is 0 Å². The van der Waals surface area contributed by atoms with Gasteiger partial charge in [0.2, 0.25) is 5.91 Å². The van der Waals surface area contributed by atoms with Gasteiger partial charge in [-0.3, -0.25) is 4.79 Å². The number of hydrogen-bond acceptors (Lipinski definition) is 4. The van der Waals surface area contributed by atoms with Crippen LogP contribution in [0.3, 0.4) is 0 Å². The summed E-state index contributed by atoms with van der Waals surface area (Å²) >= 11 is 1.95. The lowest BCUT2D eigenvalue weighted by Gasteiger charge is -2.31. The van der Waals surface area contributed by atoms with Crippen LogP contribution in [0.1, 0.15) is 59.9 Å². The van der Waals surface area contributed by atoms with Crippen LogP contribution in [0.4, 0.5) is 5.69 Å². The van der Waals surface area contributed by atoms with Gasteiger partial charge in [0.15, 0.2) is 0 Å². The quantitative estimate of drug-likeness (QED) is 0.535. The Bertz CT molecular complexity index is 612. The monoisotopic (exact) mass is 435 g/mol. The van der Waals surface area contributed by atoms with Crippen LogP contribution in [0.25, 0.3) is 0 Å². The van der Waals surface area contributed by atoms with E-state index in [4.69, 9.17) is 0 Å². The molecule has 1 aromatic carbocycles. The largest absolute Gasteiger partial charge is 0.394 e. The molecule has 0 aliphatic carbocycles. The van der Waals surface area contributed by atoms with Crippen LogP contribution in [0.5, 0.6) is 0 Å². The Balaban J connectivity index is 0. The number of thioether (sulfide) groups is 1. The molecule has 0 bridgehead atoms. The van der Waals surface area contributed by atoms with Crippen LogP contribution < -0.4 is 15.5 Å². The number of carbonyl (C=O) groups excluding carboxylic acids is 1. The van der Waals surface area contributed by atoms with Gasteiger partial charge in [0, 0.05) is 44.8 Å². The number of amides is 1. The average Bonchev–Trinajstić information content (AvgIpc) is 2.79. The van der Waals surface area contributed by atoms with E-state index in [1.165, 1.54) is 35.9 Å². The third kappa shape index (κ3) is 14.2. The lowest BCUT2D eigenvalue weighted by Crippen LogP contribution is -2.30. The van der Waals surface area contributed by atoms with Crippen molar-refractivity contribution in [3.63, 3.8) is 0 Å². The zero-order valence-corrected chi connectivity index (χ0v) is 21.4. The Morgan fingerprint density at radius 2 is 1.80 bits per heavy atom. The molecule has 5 heteroatoms. The first-order valence-electron chi connectivity index (χ1n) is 11.1. The molecular formula is C25H45N3OS. The Labute approximate surface area is 190 Å². The second kappa shape index (κ2) is 20.4. The molecule has 0 radical (unpaired) electrons. The predicted octanol–water partition coefficient (Wildman–Crippen LogP) is 6.04. The summed E-state index contributed by atoms with van der Waals surface area (Å²) in [4.78, 5) is 13.5. The molecule has 172 valence electrons. The van der Waals surface area contributed by atoms with Crippen molar-refractivity contribution in [2.45, 2.75) is 65.7 Å². The Morgan fingerprint density at radius 3 is 2.27 bits per heavy atom. The first-order valence-corrected chi connectivity index (χ1v) is 12.1. The fraction of sp³-hybridized carbons (Fsp3) is 0.560. The number of hydrogen-bond donors (Lipinski definition) is 2. The third-order valence-corrected chi connectivity index (χ3v) is 5.17. The van der Waals surface area contributed by atoms with Gasteiger partial charge in [0.1, 0.15) is 0 Å². The van der Waals surface area contributed by atoms with Crippen molar-refractivity contribution in [1.29, 1.82) is 0 Å². The van der Waals surface area contributed by atoms with E-state index in [-0.39, 0.29) is 5.91 Å². The fourth-order valence-electron chi connectivity index (χ4n) is 2.20. The molecule has 0 fully saturated rings. The van der Waals surface area contributed by atoms with Gasteiger partial charge in [0.25, 0.3) is 0 Å². The summed E-state index contributed by atoms with van der Waals surface area (Å²) in [5, 5.41) is 5.40. The van der Waals surface area contributed by atoms with Crippen molar-refractivity contribution in [2.24, 2.45) is 0 Å². The van der Waals surface area contributed by atoms with Crippen molar-refractivity contribution in [3.8, 4) is 0 Å². The molecular weight excluding hydrogens is 390 g/mol. The van der Waals surface area contributed by atoms with Crippen LogP contribution in [0.2, 0.25) is 0 Å². The summed E-state index contributed by atoms with van der Waals surface area (Å²) in [6, 6.07) is 6.83. The van der Waals surface area contributed by atoms with E-state index in [1.807, 2.05) is 44.9 Å². The average molecular weight is 436 g/mol. The van der Waals surface area contributed by atoms with E-state index < -0.39 is 0 Å². The maximum atomic E-state index is 9.70. The second-order valence-electron chi connectivity index (χ2n) is 6.51. The van der Waals surface area contributed by atoms with Crippen LogP contribution >= 0.6 is 11.8 Å². The SMILES string of the molecule is C=C(/C=C\NC)CN1CCSc2ccc(CC)cc21.CC.CCCC.CNC(C)=O. The number of anilines is 1. The maximum absolute atomic E-state index is 9.70. The zero-order valence-electron chi connectivity index (χ0n) is 20.6. The Kier molecular flexibility index (Phi) is 20.6. The van der Waals surface area contributed by atoms with Gasteiger partial charge in [-0.2, -0.15) is 0 Å². The van der Waals surface area contributed by atoms with Gasteiger partial charge < -0.3 is 15.5 Å². The molecule has 30 heavy (non-hydrogen) atoms. The highest BCUT2D eigenvalue weighted by atomic mass is 32.2. The third-order valence-electron chi connectivity index (χ3n) is 4.12. The molecule has 0 saturated heterocycles. The van der Waals surface area contributed by atoms with Gasteiger partial charge in [-0.1, -0.05) is 60.1 Å². The van der Waals surface area contributed by atoms with E-state index in [9.17, 15) is 4.79 Å². The molecule has 2 N–H and O–H groups in total. The molecule has 4 nitrogen and oxygen atoms in total. The predicted molar refractivity (Wildman–Crippen MR) is 138 cm³/mol. The Hall–Kier alpha value is -1.88. The minimum absolute atomic E-state index is 0.00463. The number of carbonyl (C=O) groups is 1. The molecule has 1 aliphatic rings. The highest BCUT2D eigenvalue weighted by Crippen LogP contribution is 2.35. The molecule has 0 spiro atoms. The number of aryl methyl sites for hydroxylation is 1. The van der Waals surface area contributed by atoms with Crippen molar-refractivity contribution < 1.29 is 4.79 Å². The van der Waals surface area contributed by atoms with E-state index in [2.05, 4.69) is 61.1 Å². The van der Waals surface area contributed by atoms with Crippen molar-refractivity contribution >= 4 is 23.4 Å². The first kappa shape index (κ1) is 30.3. The van der Waals surface area contributed by atoms with E-state index in [0.717, 1.165) is 30.8 Å². The fourth-order valence-corrected chi connectivity index (χ4v) is 3.23. The first-order chi connectivity index (χ1) is 14.4. The molecule has 2 rings (SSSR count). The highest BCUT2D eigenvalue weighted by molar-refractivity contribution is 7.99. The zero-order chi connectivity index (χ0) is 23.4.